The van der Waals surface area contributed by atoms with E-state index in [4.69, 9.17) is 19.3 Å². The minimum atomic E-state index is -3.40. The molecule has 0 radical (unpaired) electrons. The number of para-hydroxylation sites is 2. The summed E-state index contributed by atoms with van der Waals surface area (Å²) in [5, 5.41) is 2.78. The molecule has 0 amide bonds. The number of nitrogens with zero attached hydrogens (tertiary/aromatic N) is 5. The zero-order chi connectivity index (χ0) is 28.1. The molecule has 5 aromatic carbocycles. The van der Waals surface area contributed by atoms with Gasteiger partial charge in [0.1, 0.15) is 5.03 Å². The van der Waals surface area contributed by atoms with Gasteiger partial charge >= 0.3 is 0 Å². The van der Waals surface area contributed by atoms with Crippen LogP contribution in [0.4, 0.5) is 5.69 Å². The van der Waals surface area contributed by atoms with Crippen LogP contribution in [0.3, 0.4) is 0 Å². The highest BCUT2D eigenvalue weighted by Gasteiger charge is 2.31. The largest absolute Gasteiger partial charge is 0.300 e. The highest BCUT2D eigenvalue weighted by atomic mass is 32.2. The zero-order valence-corrected chi connectivity index (χ0v) is 23.1. The molecule has 0 bridgehead atoms. The number of hydrogen-bond acceptors (Lipinski definition) is 5. The normalized spacial score (nSPS) is 16.1. The molecular formula is C35H23N5OS. The Bertz CT molecular complexity index is 2190. The summed E-state index contributed by atoms with van der Waals surface area (Å²) in [5.74, 6) is 0.885. The summed E-state index contributed by atoms with van der Waals surface area (Å²) in [6.07, 6.45) is 1.97. The van der Waals surface area contributed by atoms with E-state index in [1.807, 2.05) is 115 Å². The maximum atomic E-state index is 15.6. The van der Waals surface area contributed by atoms with Gasteiger partial charge in [-0.2, -0.15) is 14.3 Å². The minimum absolute atomic E-state index is 0.123. The SMILES string of the molecule is O=S1(c2nc(-c3ccccc3)nc(-c3ccccc3)n2)=Nc2ccccc2C=C1n1c2ccccc2c2ccccc21. The van der Waals surface area contributed by atoms with Crippen molar-refractivity contribution in [2.75, 3.05) is 0 Å². The topological polar surface area (TPSA) is 73.0 Å². The second-order valence-electron chi connectivity index (χ2n) is 10.0. The van der Waals surface area contributed by atoms with Crippen LogP contribution in [0, 0.1) is 0 Å². The van der Waals surface area contributed by atoms with E-state index in [0.717, 1.165) is 38.5 Å². The predicted molar refractivity (Wildman–Crippen MR) is 169 cm³/mol. The van der Waals surface area contributed by atoms with Gasteiger partial charge < -0.3 is 4.57 Å². The van der Waals surface area contributed by atoms with Crippen molar-refractivity contribution in [1.29, 1.82) is 0 Å². The van der Waals surface area contributed by atoms with Crippen LogP contribution in [0.2, 0.25) is 0 Å². The lowest BCUT2D eigenvalue weighted by atomic mass is 10.2. The first-order valence-corrected chi connectivity index (χ1v) is 15.1. The van der Waals surface area contributed by atoms with E-state index in [1.165, 1.54) is 0 Å². The third kappa shape index (κ3) is 3.86. The zero-order valence-electron chi connectivity index (χ0n) is 22.3. The second kappa shape index (κ2) is 9.61. The Hall–Kier alpha value is -5.40. The molecule has 3 heterocycles. The lowest BCUT2D eigenvalue weighted by Gasteiger charge is -2.21. The standard InChI is InChI=1S/C35H23N5OS/c41-42(35-37-33(24-13-3-1-4-14-24)36-34(38-35)25-15-5-2-6-16-25)32(23-26-17-7-10-20-29(26)39-42)40-30-21-11-8-18-27(30)28-19-9-12-22-31(28)40/h1-23H. The van der Waals surface area contributed by atoms with Crippen molar-refractivity contribution in [3.63, 3.8) is 0 Å². The molecule has 2 aromatic heterocycles. The molecule has 0 fully saturated rings. The maximum Gasteiger partial charge on any atom is 0.238 e. The third-order valence-corrected chi connectivity index (χ3v) is 9.45. The van der Waals surface area contributed by atoms with Crippen LogP contribution in [0.1, 0.15) is 5.56 Å². The Morgan fingerprint density at radius 2 is 1.02 bits per heavy atom. The summed E-state index contributed by atoms with van der Waals surface area (Å²) in [4.78, 5) is 14.6. The summed E-state index contributed by atoms with van der Waals surface area (Å²) in [7, 11) is -3.40. The first-order chi connectivity index (χ1) is 20.7. The molecule has 0 aliphatic carbocycles. The first kappa shape index (κ1) is 24.4. The smallest absolute Gasteiger partial charge is 0.238 e. The monoisotopic (exact) mass is 561 g/mol. The van der Waals surface area contributed by atoms with Gasteiger partial charge in [0.05, 0.1) is 16.7 Å². The summed E-state index contributed by atoms with van der Waals surface area (Å²) in [6.45, 7) is 0. The molecule has 42 heavy (non-hydrogen) atoms. The summed E-state index contributed by atoms with van der Waals surface area (Å²) < 4.78 is 22.7. The molecule has 0 spiro atoms. The van der Waals surface area contributed by atoms with Gasteiger partial charge in [0, 0.05) is 27.5 Å². The van der Waals surface area contributed by atoms with E-state index in [0.29, 0.717) is 22.4 Å². The van der Waals surface area contributed by atoms with Crippen molar-refractivity contribution in [2.24, 2.45) is 4.36 Å². The van der Waals surface area contributed by atoms with E-state index in [1.54, 1.807) is 0 Å². The highest BCUT2D eigenvalue weighted by molar-refractivity contribution is 8.02. The van der Waals surface area contributed by atoms with Crippen LogP contribution in [0.5, 0.6) is 0 Å². The van der Waals surface area contributed by atoms with Gasteiger partial charge in [0.25, 0.3) is 0 Å². The van der Waals surface area contributed by atoms with Crippen molar-refractivity contribution in [3.05, 3.63) is 139 Å². The Labute approximate surface area is 242 Å². The molecule has 1 atom stereocenters. The predicted octanol–water partition coefficient (Wildman–Crippen LogP) is 8.44. The van der Waals surface area contributed by atoms with E-state index in [2.05, 4.69) is 28.8 Å². The Morgan fingerprint density at radius 3 is 1.62 bits per heavy atom. The van der Waals surface area contributed by atoms with Crippen molar-refractivity contribution in [2.45, 2.75) is 5.16 Å². The van der Waals surface area contributed by atoms with Crippen molar-refractivity contribution in [3.8, 4) is 22.8 Å². The number of aromatic nitrogens is 4. The molecule has 7 aromatic rings. The summed E-state index contributed by atoms with van der Waals surface area (Å²) in [5.41, 5.74) is 5.00. The molecule has 1 unspecified atom stereocenters. The minimum Gasteiger partial charge on any atom is -0.300 e. The molecule has 6 nitrogen and oxygen atoms in total. The van der Waals surface area contributed by atoms with Crippen LogP contribution in [-0.4, -0.2) is 23.7 Å². The molecule has 1 aliphatic rings. The van der Waals surface area contributed by atoms with Crippen molar-refractivity contribution >= 4 is 48.3 Å². The fraction of sp³-hybridized carbons (Fsp3) is 0. The quantitative estimate of drug-likeness (QED) is 0.216. The molecule has 200 valence electrons. The summed E-state index contributed by atoms with van der Waals surface area (Å²) in [6, 6.07) is 43.5. The van der Waals surface area contributed by atoms with Gasteiger partial charge in [0.15, 0.2) is 21.4 Å². The van der Waals surface area contributed by atoms with E-state index in [-0.39, 0.29) is 5.16 Å². The van der Waals surface area contributed by atoms with Crippen molar-refractivity contribution < 1.29 is 4.21 Å². The van der Waals surface area contributed by atoms with Gasteiger partial charge in [-0.1, -0.05) is 115 Å². The van der Waals surface area contributed by atoms with Gasteiger partial charge in [-0.25, -0.2) is 9.19 Å². The lowest BCUT2D eigenvalue weighted by molar-refractivity contribution is 0.673. The van der Waals surface area contributed by atoms with Crippen LogP contribution in [0.25, 0.3) is 55.7 Å². The second-order valence-corrected chi connectivity index (χ2v) is 12.0. The number of benzene rings is 5. The Morgan fingerprint density at radius 1 is 0.524 bits per heavy atom. The van der Waals surface area contributed by atoms with Gasteiger partial charge in [0.2, 0.25) is 5.16 Å². The summed E-state index contributed by atoms with van der Waals surface area (Å²) >= 11 is 0. The fourth-order valence-electron chi connectivity index (χ4n) is 5.49. The third-order valence-electron chi connectivity index (χ3n) is 7.45. The fourth-order valence-corrected chi connectivity index (χ4v) is 7.44. The molecule has 0 saturated heterocycles. The van der Waals surface area contributed by atoms with Gasteiger partial charge in [-0.05, 0) is 24.3 Å². The molecular weight excluding hydrogens is 538 g/mol. The average Bonchev–Trinajstić information content (AvgIpc) is 3.39. The Balaban J connectivity index is 1.47. The maximum absolute atomic E-state index is 15.6. The van der Waals surface area contributed by atoms with Gasteiger partial charge in [-0.3, -0.25) is 0 Å². The molecule has 7 heteroatoms. The van der Waals surface area contributed by atoms with Crippen LogP contribution >= 0.6 is 0 Å². The highest BCUT2D eigenvalue weighted by Crippen LogP contribution is 2.42. The number of rotatable bonds is 4. The van der Waals surface area contributed by atoms with Crippen LogP contribution < -0.4 is 0 Å². The van der Waals surface area contributed by atoms with Crippen LogP contribution in [-0.2, 0) is 9.73 Å². The Kier molecular flexibility index (Phi) is 5.58. The van der Waals surface area contributed by atoms with E-state index < -0.39 is 9.73 Å². The number of fused-ring (bicyclic) bond motifs is 4. The number of hydrogen-bond donors (Lipinski definition) is 0. The molecule has 1 aliphatic heterocycles. The van der Waals surface area contributed by atoms with E-state index >= 15 is 4.21 Å². The lowest BCUT2D eigenvalue weighted by Crippen LogP contribution is -2.16. The first-order valence-electron chi connectivity index (χ1n) is 13.6. The van der Waals surface area contributed by atoms with Crippen molar-refractivity contribution in [1.82, 2.24) is 19.5 Å². The molecule has 8 rings (SSSR count). The molecule has 0 N–H and O–H groups in total. The van der Waals surface area contributed by atoms with E-state index in [9.17, 15) is 0 Å². The van der Waals surface area contributed by atoms with Crippen LogP contribution in [0.15, 0.2) is 143 Å². The average molecular weight is 562 g/mol. The van der Waals surface area contributed by atoms with Gasteiger partial charge in [-0.15, -0.1) is 0 Å². The molecule has 0 saturated carbocycles.